The van der Waals surface area contributed by atoms with E-state index in [1.54, 1.807) is 26.4 Å². The smallest absolute Gasteiger partial charge is 0.387 e. The number of hydrogen-bond donors (Lipinski definition) is 2. The molecule has 170 valence electrons. The molecule has 7 nitrogen and oxygen atoms in total. The molecule has 31 heavy (non-hydrogen) atoms. The molecule has 0 saturated carbocycles. The number of hydrogen-bond acceptors (Lipinski definition) is 5. The predicted molar refractivity (Wildman–Crippen MR) is 116 cm³/mol. The Labute approximate surface area is 181 Å². The van der Waals surface area contributed by atoms with Crippen molar-refractivity contribution in [2.24, 2.45) is 4.99 Å². The van der Waals surface area contributed by atoms with Crippen LogP contribution in [-0.2, 0) is 13.0 Å². The van der Waals surface area contributed by atoms with Crippen LogP contribution in [0, 0.1) is 0 Å². The van der Waals surface area contributed by atoms with E-state index >= 15 is 0 Å². The van der Waals surface area contributed by atoms with Gasteiger partial charge in [-0.2, -0.15) is 8.78 Å². The molecule has 0 unspecified atom stereocenters. The number of rotatable bonds is 11. The number of nitrogens with zero attached hydrogens (tertiary/aromatic N) is 1. The number of guanidine groups is 1. The summed E-state index contributed by atoms with van der Waals surface area (Å²) in [7, 11) is 4.70. The molecule has 2 aromatic rings. The third kappa shape index (κ3) is 7.51. The van der Waals surface area contributed by atoms with Gasteiger partial charge in [-0.3, -0.25) is 0 Å². The van der Waals surface area contributed by atoms with Crippen LogP contribution in [-0.4, -0.2) is 47.0 Å². The van der Waals surface area contributed by atoms with E-state index in [0.717, 1.165) is 12.0 Å². The topological polar surface area (TPSA) is 73.3 Å². The average Bonchev–Trinajstić information content (AvgIpc) is 2.77. The van der Waals surface area contributed by atoms with Crippen LogP contribution in [0.25, 0.3) is 0 Å². The zero-order valence-corrected chi connectivity index (χ0v) is 18.2. The number of ether oxygens (including phenoxy) is 4. The first-order valence-corrected chi connectivity index (χ1v) is 9.85. The summed E-state index contributed by atoms with van der Waals surface area (Å²) in [5.74, 6) is 2.52. The third-order valence-electron chi connectivity index (χ3n) is 4.39. The van der Waals surface area contributed by atoms with E-state index in [1.807, 2.05) is 25.1 Å². The predicted octanol–water partition coefficient (Wildman–Crippen LogP) is 3.61. The highest BCUT2D eigenvalue weighted by atomic mass is 19.3. The Hall–Kier alpha value is -3.23. The molecule has 2 aromatic carbocycles. The summed E-state index contributed by atoms with van der Waals surface area (Å²) in [6.07, 6.45) is 0.726. The Morgan fingerprint density at radius 2 is 1.68 bits per heavy atom. The number of aliphatic imine (C=N–C) groups is 1. The fraction of sp³-hybridized carbons (Fsp3) is 0.409. The molecule has 0 atom stereocenters. The van der Waals surface area contributed by atoms with Crippen molar-refractivity contribution in [3.63, 3.8) is 0 Å². The SMILES string of the molecule is CCNC(=NCc1cc(OC)ccc1OC(F)F)NCCc1ccc(OC)c(OC)c1. The van der Waals surface area contributed by atoms with Crippen molar-refractivity contribution >= 4 is 5.96 Å². The second-order valence-electron chi connectivity index (χ2n) is 6.41. The zero-order valence-electron chi connectivity index (χ0n) is 18.2. The van der Waals surface area contributed by atoms with Gasteiger partial charge in [0, 0.05) is 18.7 Å². The fourth-order valence-electron chi connectivity index (χ4n) is 2.88. The van der Waals surface area contributed by atoms with Crippen LogP contribution in [0.2, 0.25) is 0 Å². The lowest BCUT2D eigenvalue weighted by Crippen LogP contribution is -2.38. The normalized spacial score (nSPS) is 11.3. The van der Waals surface area contributed by atoms with E-state index in [2.05, 4.69) is 20.4 Å². The van der Waals surface area contributed by atoms with Crippen molar-refractivity contribution in [1.82, 2.24) is 10.6 Å². The number of benzene rings is 2. The quantitative estimate of drug-likeness (QED) is 0.413. The summed E-state index contributed by atoms with van der Waals surface area (Å²) in [6, 6.07) is 10.4. The summed E-state index contributed by atoms with van der Waals surface area (Å²) >= 11 is 0. The van der Waals surface area contributed by atoms with Gasteiger partial charge >= 0.3 is 6.61 Å². The minimum absolute atomic E-state index is 0.0701. The van der Waals surface area contributed by atoms with Crippen LogP contribution in [0.3, 0.4) is 0 Å². The van der Waals surface area contributed by atoms with E-state index in [9.17, 15) is 8.78 Å². The molecule has 2 rings (SSSR count). The molecule has 0 bridgehead atoms. The first-order valence-electron chi connectivity index (χ1n) is 9.85. The minimum Gasteiger partial charge on any atom is -0.497 e. The zero-order chi connectivity index (χ0) is 22.6. The molecule has 0 aromatic heterocycles. The van der Waals surface area contributed by atoms with Gasteiger partial charge in [-0.15, -0.1) is 0 Å². The van der Waals surface area contributed by atoms with Crippen molar-refractivity contribution < 1.29 is 27.7 Å². The minimum atomic E-state index is -2.91. The van der Waals surface area contributed by atoms with Gasteiger partial charge in [0.25, 0.3) is 0 Å². The number of alkyl halides is 2. The van der Waals surface area contributed by atoms with Crippen LogP contribution < -0.4 is 29.6 Å². The summed E-state index contributed by atoms with van der Waals surface area (Å²) in [4.78, 5) is 4.49. The molecular weight excluding hydrogens is 408 g/mol. The van der Waals surface area contributed by atoms with Crippen LogP contribution >= 0.6 is 0 Å². The first kappa shape index (κ1) is 24.0. The molecule has 0 heterocycles. The first-order chi connectivity index (χ1) is 15.0. The summed E-state index contributed by atoms with van der Waals surface area (Å²) in [6.45, 7) is 0.442. The second-order valence-corrected chi connectivity index (χ2v) is 6.41. The Bertz CT molecular complexity index is 863. The molecule has 0 aliphatic rings. The van der Waals surface area contributed by atoms with Crippen LogP contribution in [0.4, 0.5) is 8.78 Å². The number of halogens is 2. The van der Waals surface area contributed by atoms with E-state index < -0.39 is 6.61 Å². The lowest BCUT2D eigenvalue weighted by molar-refractivity contribution is -0.0504. The maximum absolute atomic E-state index is 12.7. The second kappa shape index (κ2) is 12.5. The molecule has 0 aliphatic heterocycles. The molecule has 0 fully saturated rings. The number of nitrogens with one attached hydrogen (secondary N) is 2. The van der Waals surface area contributed by atoms with Crippen molar-refractivity contribution in [1.29, 1.82) is 0 Å². The highest BCUT2D eigenvalue weighted by molar-refractivity contribution is 5.79. The number of methoxy groups -OCH3 is 3. The van der Waals surface area contributed by atoms with Crippen LogP contribution in [0.15, 0.2) is 41.4 Å². The molecule has 0 spiro atoms. The van der Waals surface area contributed by atoms with Crippen molar-refractivity contribution in [3.8, 4) is 23.0 Å². The largest absolute Gasteiger partial charge is 0.497 e. The summed E-state index contributed by atoms with van der Waals surface area (Å²) in [5.41, 5.74) is 1.57. The molecule has 9 heteroatoms. The van der Waals surface area contributed by atoms with Gasteiger partial charge < -0.3 is 29.6 Å². The fourth-order valence-corrected chi connectivity index (χ4v) is 2.88. The average molecular weight is 437 g/mol. The molecular formula is C22H29F2N3O4. The van der Waals surface area contributed by atoms with Gasteiger partial charge in [-0.1, -0.05) is 6.07 Å². The van der Waals surface area contributed by atoms with Gasteiger partial charge in [-0.05, 0) is 49.2 Å². The van der Waals surface area contributed by atoms with Gasteiger partial charge in [0.1, 0.15) is 11.5 Å². The molecule has 0 saturated heterocycles. The molecule has 0 amide bonds. The highest BCUT2D eigenvalue weighted by Gasteiger charge is 2.11. The van der Waals surface area contributed by atoms with Crippen LogP contribution in [0.5, 0.6) is 23.0 Å². The Morgan fingerprint density at radius 1 is 0.935 bits per heavy atom. The molecule has 0 aliphatic carbocycles. The lowest BCUT2D eigenvalue weighted by Gasteiger charge is -2.14. The van der Waals surface area contributed by atoms with Crippen molar-refractivity contribution in [2.45, 2.75) is 26.5 Å². The lowest BCUT2D eigenvalue weighted by atomic mass is 10.1. The van der Waals surface area contributed by atoms with E-state index in [4.69, 9.17) is 14.2 Å². The summed E-state index contributed by atoms with van der Waals surface area (Å²) in [5, 5.41) is 6.38. The maximum Gasteiger partial charge on any atom is 0.387 e. The van der Waals surface area contributed by atoms with E-state index in [0.29, 0.717) is 41.9 Å². The standard InChI is InChI=1S/C22H29F2N3O4/c1-5-25-22(26-11-10-15-6-8-19(29-3)20(12-15)30-4)27-14-16-13-17(28-2)7-9-18(16)31-21(23)24/h6-9,12-13,21H,5,10-11,14H2,1-4H3,(H2,25,26,27). The van der Waals surface area contributed by atoms with Gasteiger partial charge in [0.15, 0.2) is 17.5 Å². The third-order valence-corrected chi connectivity index (χ3v) is 4.39. The van der Waals surface area contributed by atoms with E-state index in [1.165, 1.54) is 13.2 Å². The van der Waals surface area contributed by atoms with Crippen molar-refractivity contribution in [3.05, 3.63) is 47.5 Å². The summed E-state index contributed by atoms with van der Waals surface area (Å²) < 4.78 is 45.8. The van der Waals surface area contributed by atoms with Gasteiger partial charge in [0.2, 0.25) is 0 Å². The van der Waals surface area contributed by atoms with Crippen molar-refractivity contribution in [2.75, 3.05) is 34.4 Å². The molecule has 2 N–H and O–H groups in total. The monoisotopic (exact) mass is 437 g/mol. The van der Waals surface area contributed by atoms with Gasteiger partial charge in [-0.25, -0.2) is 4.99 Å². The van der Waals surface area contributed by atoms with Crippen LogP contribution in [0.1, 0.15) is 18.1 Å². The Balaban J connectivity index is 2.05. The van der Waals surface area contributed by atoms with E-state index in [-0.39, 0.29) is 12.3 Å². The maximum atomic E-state index is 12.7. The molecule has 0 radical (unpaired) electrons. The van der Waals surface area contributed by atoms with Gasteiger partial charge in [0.05, 0.1) is 27.9 Å². The Kier molecular flexibility index (Phi) is 9.67. The Morgan fingerprint density at radius 3 is 2.32 bits per heavy atom. The highest BCUT2D eigenvalue weighted by Crippen LogP contribution is 2.28.